The average molecular weight is 514 g/mol. The van der Waals surface area contributed by atoms with E-state index < -0.39 is 23.5 Å². The SMILES string of the molecule is CC[C@H]1C[C@@H](Oc2ncc(C(F)(F)F)cc2Cl)C[C@@H](C)N1Cc1cc(F)c(C(N)=O)cc1C1CC1. The third-order valence-electron chi connectivity index (χ3n) is 6.92. The molecule has 2 heterocycles. The molecule has 3 atom stereocenters. The number of piperidine rings is 1. The summed E-state index contributed by atoms with van der Waals surface area (Å²) in [6.07, 6.45) is -0.0432. The van der Waals surface area contributed by atoms with Crippen LogP contribution in [0.1, 0.15) is 78.9 Å². The van der Waals surface area contributed by atoms with Crippen LogP contribution >= 0.6 is 11.6 Å². The van der Waals surface area contributed by atoms with Crippen LogP contribution in [0.15, 0.2) is 24.4 Å². The molecular formula is C25H28ClF4N3O2. The van der Waals surface area contributed by atoms with Gasteiger partial charge in [-0.05, 0) is 74.3 Å². The van der Waals surface area contributed by atoms with Gasteiger partial charge in [-0.3, -0.25) is 9.69 Å². The molecule has 1 saturated heterocycles. The molecule has 35 heavy (non-hydrogen) atoms. The molecule has 5 nitrogen and oxygen atoms in total. The minimum atomic E-state index is -4.53. The maximum absolute atomic E-state index is 14.6. The Morgan fingerprint density at radius 1 is 1.26 bits per heavy atom. The number of amides is 1. The van der Waals surface area contributed by atoms with E-state index in [9.17, 15) is 22.4 Å². The van der Waals surface area contributed by atoms with Crippen molar-refractivity contribution in [1.82, 2.24) is 9.88 Å². The van der Waals surface area contributed by atoms with Gasteiger partial charge in [-0.25, -0.2) is 9.37 Å². The normalized spacial score (nSPS) is 23.3. The fourth-order valence-electron chi connectivity index (χ4n) is 4.95. The summed E-state index contributed by atoms with van der Waals surface area (Å²) in [5, 5.41) is -0.179. The summed E-state index contributed by atoms with van der Waals surface area (Å²) in [5.41, 5.74) is 6.17. The maximum Gasteiger partial charge on any atom is 0.417 e. The molecule has 2 aromatic rings. The van der Waals surface area contributed by atoms with Crippen LogP contribution in [0.2, 0.25) is 5.02 Å². The third-order valence-corrected chi connectivity index (χ3v) is 7.19. The molecule has 2 N–H and O–H groups in total. The molecule has 0 spiro atoms. The smallest absolute Gasteiger partial charge is 0.417 e. The third kappa shape index (κ3) is 5.72. The molecule has 1 aromatic carbocycles. The van der Waals surface area contributed by atoms with E-state index >= 15 is 0 Å². The van der Waals surface area contributed by atoms with Crippen molar-refractivity contribution in [2.24, 2.45) is 5.73 Å². The number of rotatable bonds is 7. The van der Waals surface area contributed by atoms with Gasteiger partial charge >= 0.3 is 6.18 Å². The molecule has 4 rings (SSSR count). The number of pyridine rings is 1. The Morgan fingerprint density at radius 3 is 2.54 bits per heavy atom. The number of primary amides is 1. The summed E-state index contributed by atoms with van der Waals surface area (Å²) < 4.78 is 59.3. The fourth-order valence-corrected chi connectivity index (χ4v) is 5.16. The zero-order valence-electron chi connectivity index (χ0n) is 19.5. The molecule has 2 aliphatic rings. The van der Waals surface area contributed by atoms with Gasteiger partial charge in [-0.15, -0.1) is 0 Å². The summed E-state index contributed by atoms with van der Waals surface area (Å²) in [4.78, 5) is 17.7. The van der Waals surface area contributed by atoms with Crippen LogP contribution in [0.5, 0.6) is 5.88 Å². The second-order valence-corrected chi connectivity index (χ2v) is 9.88. The molecule has 0 unspecified atom stereocenters. The predicted molar refractivity (Wildman–Crippen MR) is 124 cm³/mol. The van der Waals surface area contributed by atoms with Crippen molar-refractivity contribution in [3.8, 4) is 5.88 Å². The number of aromatic nitrogens is 1. The Balaban J connectivity index is 1.50. The number of carbonyl (C=O) groups excluding carboxylic acids is 1. The Morgan fingerprint density at radius 2 is 1.97 bits per heavy atom. The number of carbonyl (C=O) groups is 1. The van der Waals surface area contributed by atoms with Crippen LogP contribution in [-0.2, 0) is 12.7 Å². The van der Waals surface area contributed by atoms with Gasteiger partial charge in [0.2, 0.25) is 5.88 Å². The molecule has 1 aromatic heterocycles. The number of nitrogens with two attached hydrogens (primary N) is 1. The van der Waals surface area contributed by atoms with Gasteiger partial charge in [0.05, 0.1) is 11.1 Å². The van der Waals surface area contributed by atoms with E-state index in [0.717, 1.165) is 42.7 Å². The van der Waals surface area contributed by atoms with E-state index in [1.807, 2.05) is 6.92 Å². The van der Waals surface area contributed by atoms with Gasteiger partial charge in [-0.1, -0.05) is 18.5 Å². The zero-order valence-corrected chi connectivity index (χ0v) is 20.3. The largest absolute Gasteiger partial charge is 0.473 e. The lowest BCUT2D eigenvalue weighted by Gasteiger charge is -2.44. The highest BCUT2D eigenvalue weighted by Gasteiger charge is 2.37. The van der Waals surface area contributed by atoms with E-state index in [2.05, 4.69) is 16.8 Å². The number of likely N-dealkylation sites (tertiary alicyclic amines) is 1. The first-order valence-corrected chi connectivity index (χ1v) is 12.1. The van der Waals surface area contributed by atoms with E-state index in [-0.39, 0.29) is 34.7 Å². The molecule has 190 valence electrons. The molecular weight excluding hydrogens is 486 g/mol. The van der Waals surface area contributed by atoms with Crippen LogP contribution in [0, 0.1) is 5.82 Å². The topological polar surface area (TPSA) is 68.4 Å². The van der Waals surface area contributed by atoms with E-state index in [4.69, 9.17) is 22.1 Å². The summed E-state index contributed by atoms with van der Waals surface area (Å²) in [7, 11) is 0. The molecule has 0 bridgehead atoms. The number of nitrogens with zero attached hydrogens (tertiary/aromatic N) is 2. The zero-order chi connectivity index (χ0) is 25.5. The summed E-state index contributed by atoms with van der Waals surface area (Å²) in [6.45, 7) is 4.62. The van der Waals surface area contributed by atoms with Gasteiger partial charge in [0.25, 0.3) is 5.91 Å². The first-order chi connectivity index (χ1) is 16.5. The minimum Gasteiger partial charge on any atom is -0.473 e. The standard InChI is InChI=1S/C25H28ClF4N3O2/c1-3-17-9-18(35-24-21(26)8-16(11-32-24)25(28,29)30)6-13(2)33(17)12-15-7-22(27)20(23(31)34)10-19(15)14-4-5-14/h7-8,10-11,13-14,17-18H,3-6,9,12H2,1-2H3,(H2,31,34)/t13-,17+,18+/m1/s1. The maximum atomic E-state index is 14.6. The lowest BCUT2D eigenvalue weighted by molar-refractivity contribution is -0.137. The van der Waals surface area contributed by atoms with Gasteiger partial charge < -0.3 is 10.5 Å². The quantitative estimate of drug-likeness (QED) is 0.456. The minimum absolute atomic E-state index is 0.0136. The monoisotopic (exact) mass is 513 g/mol. The van der Waals surface area contributed by atoms with Gasteiger partial charge in [-0.2, -0.15) is 13.2 Å². The van der Waals surface area contributed by atoms with Crippen LogP contribution < -0.4 is 10.5 Å². The Kier molecular flexibility index (Phi) is 7.29. The molecule has 0 radical (unpaired) electrons. The van der Waals surface area contributed by atoms with Crippen molar-refractivity contribution in [2.45, 2.75) is 82.8 Å². The number of hydrogen-bond donors (Lipinski definition) is 1. The van der Waals surface area contributed by atoms with E-state index in [0.29, 0.717) is 25.3 Å². The lowest BCUT2D eigenvalue weighted by Crippen LogP contribution is -2.50. The van der Waals surface area contributed by atoms with Crippen LogP contribution in [-0.4, -0.2) is 34.0 Å². The Hall–Kier alpha value is -2.39. The predicted octanol–water partition coefficient (Wildman–Crippen LogP) is 6.08. The van der Waals surface area contributed by atoms with Crippen LogP contribution in [0.4, 0.5) is 17.6 Å². The molecule has 2 fully saturated rings. The van der Waals surface area contributed by atoms with Crippen molar-refractivity contribution in [3.05, 3.63) is 57.5 Å². The number of halogens is 5. The first kappa shape index (κ1) is 25.7. The van der Waals surface area contributed by atoms with Crippen molar-refractivity contribution in [3.63, 3.8) is 0 Å². The number of benzene rings is 1. The fraction of sp³-hybridized carbons (Fsp3) is 0.520. The highest BCUT2D eigenvalue weighted by atomic mass is 35.5. The second kappa shape index (κ2) is 9.93. The highest BCUT2D eigenvalue weighted by molar-refractivity contribution is 6.31. The van der Waals surface area contributed by atoms with E-state index in [1.54, 1.807) is 6.07 Å². The van der Waals surface area contributed by atoms with Crippen LogP contribution in [0.3, 0.4) is 0 Å². The molecule has 1 aliphatic heterocycles. The van der Waals surface area contributed by atoms with Crippen molar-refractivity contribution >= 4 is 17.5 Å². The number of alkyl halides is 3. The van der Waals surface area contributed by atoms with Gasteiger partial charge in [0.1, 0.15) is 16.9 Å². The molecule has 10 heteroatoms. The second-order valence-electron chi connectivity index (χ2n) is 9.47. The number of ether oxygens (including phenoxy) is 1. The first-order valence-electron chi connectivity index (χ1n) is 11.7. The van der Waals surface area contributed by atoms with Gasteiger partial charge in [0.15, 0.2) is 0 Å². The van der Waals surface area contributed by atoms with Crippen molar-refractivity contribution in [1.29, 1.82) is 0 Å². The lowest BCUT2D eigenvalue weighted by atomic mass is 9.90. The average Bonchev–Trinajstić information content (AvgIpc) is 3.61. The molecule has 1 aliphatic carbocycles. The van der Waals surface area contributed by atoms with Crippen molar-refractivity contribution in [2.75, 3.05) is 0 Å². The molecule has 1 amide bonds. The van der Waals surface area contributed by atoms with E-state index in [1.165, 1.54) is 6.07 Å². The van der Waals surface area contributed by atoms with Crippen LogP contribution in [0.25, 0.3) is 0 Å². The van der Waals surface area contributed by atoms with Gasteiger partial charge in [0, 0.05) is 24.8 Å². The Bertz CT molecular complexity index is 1110. The summed E-state index contributed by atoms with van der Waals surface area (Å²) in [5.74, 6) is -1.09. The van der Waals surface area contributed by atoms with Crippen molar-refractivity contribution < 1.29 is 27.1 Å². The molecule has 1 saturated carbocycles. The summed E-state index contributed by atoms with van der Waals surface area (Å²) >= 11 is 6.03. The number of hydrogen-bond acceptors (Lipinski definition) is 4. The summed E-state index contributed by atoms with van der Waals surface area (Å²) in [6, 6.07) is 4.01. The highest BCUT2D eigenvalue weighted by Crippen LogP contribution is 2.43. The Labute approximate surface area is 206 Å².